The van der Waals surface area contributed by atoms with Crippen LogP contribution in [0.1, 0.15) is 22.8 Å². The number of carbonyl (C=O) groups excluding carboxylic acids is 1. The topological polar surface area (TPSA) is 69.6 Å². The van der Waals surface area contributed by atoms with Crippen molar-refractivity contribution in [1.82, 2.24) is 5.32 Å². The second-order valence-corrected chi connectivity index (χ2v) is 4.30. The molecule has 3 N–H and O–H groups in total. The number of hydrogen-bond acceptors (Lipinski definition) is 3. The van der Waals surface area contributed by atoms with Crippen molar-refractivity contribution in [3.8, 4) is 0 Å². The lowest BCUT2D eigenvalue weighted by Gasteiger charge is -2.20. The van der Waals surface area contributed by atoms with E-state index in [-0.39, 0.29) is 12.1 Å². The summed E-state index contributed by atoms with van der Waals surface area (Å²) < 4.78 is 13.0. The lowest BCUT2D eigenvalue weighted by molar-refractivity contribution is 0.00319. The number of carbonyl (C=O) groups is 1. The smallest absolute Gasteiger partial charge is 0.251 e. The van der Waals surface area contributed by atoms with E-state index in [1.54, 1.807) is 6.92 Å². The first-order valence-corrected chi connectivity index (χ1v) is 5.23. The van der Waals surface area contributed by atoms with E-state index < -0.39 is 23.9 Å². The Morgan fingerprint density at radius 2 is 2.18 bits per heavy atom. The van der Waals surface area contributed by atoms with Crippen LogP contribution in [-0.4, -0.2) is 34.9 Å². The van der Waals surface area contributed by atoms with Crippen LogP contribution in [-0.2, 0) is 0 Å². The van der Waals surface area contributed by atoms with Crippen LogP contribution in [0, 0.1) is 12.7 Å². The lowest BCUT2D eigenvalue weighted by Crippen LogP contribution is -2.43. The Balaban J connectivity index is 2.74. The van der Waals surface area contributed by atoms with Gasteiger partial charge in [-0.25, -0.2) is 4.39 Å². The number of aryl methyl sites for hydroxylation is 1. The van der Waals surface area contributed by atoms with Gasteiger partial charge in [-0.2, -0.15) is 0 Å². The van der Waals surface area contributed by atoms with Gasteiger partial charge < -0.3 is 15.5 Å². The van der Waals surface area contributed by atoms with Crippen molar-refractivity contribution in [2.75, 3.05) is 13.2 Å². The molecule has 0 aliphatic heterocycles. The minimum atomic E-state index is -1.38. The fraction of sp³-hybridized carbons (Fsp3) is 0.417. The third-order valence-electron chi connectivity index (χ3n) is 2.41. The largest absolute Gasteiger partial charge is 0.393 e. The van der Waals surface area contributed by atoms with Crippen LogP contribution in [0.25, 0.3) is 0 Å². The van der Waals surface area contributed by atoms with E-state index in [4.69, 9.17) is 5.11 Å². The van der Waals surface area contributed by atoms with Crippen LogP contribution in [0.2, 0.25) is 0 Å². The maximum atomic E-state index is 13.0. The van der Waals surface area contributed by atoms with Crippen LogP contribution in [0.4, 0.5) is 4.39 Å². The zero-order valence-corrected chi connectivity index (χ0v) is 9.83. The summed E-state index contributed by atoms with van der Waals surface area (Å²) in [5.41, 5.74) is -0.511. The summed E-state index contributed by atoms with van der Waals surface area (Å²) in [4.78, 5) is 11.7. The molecule has 0 saturated carbocycles. The van der Waals surface area contributed by atoms with Crippen molar-refractivity contribution >= 4 is 5.91 Å². The van der Waals surface area contributed by atoms with Crippen molar-refractivity contribution in [3.63, 3.8) is 0 Å². The molecule has 0 spiro atoms. The van der Waals surface area contributed by atoms with Crippen molar-refractivity contribution in [2.45, 2.75) is 19.4 Å². The minimum absolute atomic E-state index is 0.0989. The molecule has 1 atom stereocenters. The van der Waals surface area contributed by atoms with Crippen molar-refractivity contribution in [1.29, 1.82) is 0 Å². The number of amides is 1. The Bertz CT molecular complexity index is 418. The van der Waals surface area contributed by atoms with Crippen molar-refractivity contribution in [3.05, 3.63) is 35.1 Å². The number of nitrogens with one attached hydrogen (secondary N) is 1. The van der Waals surface area contributed by atoms with Crippen LogP contribution < -0.4 is 5.32 Å². The quantitative estimate of drug-likeness (QED) is 0.723. The molecule has 0 bridgehead atoms. The molecule has 1 amide bonds. The van der Waals surface area contributed by atoms with Crippen molar-refractivity contribution < 1.29 is 19.4 Å². The van der Waals surface area contributed by atoms with E-state index in [1.165, 1.54) is 19.1 Å². The molecule has 1 rings (SSSR count). The van der Waals surface area contributed by atoms with Gasteiger partial charge in [0.05, 0.1) is 6.61 Å². The molecule has 94 valence electrons. The van der Waals surface area contributed by atoms with Gasteiger partial charge in [-0.05, 0) is 31.5 Å². The summed E-state index contributed by atoms with van der Waals surface area (Å²) in [6.07, 6.45) is 0. The van der Waals surface area contributed by atoms with E-state index >= 15 is 0 Å². The molecule has 0 radical (unpaired) electrons. The first kappa shape index (κ1) is 13.6. The summed E-state index contributed by atoms with van der Waals surface area (Å²) in [5, 5.41) is 20.8. The number of rotatable bonds is 4. The Hall–Kier alpha value is -1.46. The Morgan fingerprint density at radius 3 is 2.76 bits per heavy atom. The molecule has 0 aliphatic rings. The first-order valence-electron chi connectivity index (χ1n) is 5.23. The van der Waals surface area contributed by atoms with Crippen molar-refractivity contribution in [2.24, 2.45) is 0 Å². The molecule has 4 nitrogen and oxygen atoms in total. The van der Waals surface area contributed by atoms with Gasteiger partial charge in [-0.1, -0.05) is 6.07 Å². The molecular formula is C12H16FNO3. The average molecular weight is 241 g/mol. The molecule has 17 heavy (non-hydrogen) atoms. The highest BCUT2D eigenvalue weighted by atomic mass is 19.1. The van der Waals surface area contributed by atoms with Gasteiger partial charge in [0.2, 0.25) is 0 Å². The highest BCUT2D eigenvalue weighted by Crippen LogP contribution is 2.10. The van der Waals surface area contributed by atoms with E-state index in [9.17, 15) is 14.3 Å². The van der Waals surface area contributed by atoms with Crippen LogP contribution in [0.15, 0.2) is 18.2 Å². The van der Waals surface area contributed by atoms with Gasteiger partial charge in [-0.15, -0.1) is 0 Å². The molecular weight excluding hydrogens is 225 g/mol. The third-order valence-corrected chi connectivity index (χ3v) is 2.41. The number of hydrogen-bond donors (Lipinski definition) is 3. The molecule has 0 saturated heterocycles. The van der Waals surface area contributed by atoms with E-state index in [0.29, 0.717) is 5.56 Å². The molecule has 1 unspecified atom stereocenters. The summed E-state index contributed by atoms with van der Waals surface area (Å²) in [6, 6.07) is 3.92. The molecule has 1 aromatic carbocycles. The zero-order valence-electron chi connectivity index (χ0n) is 9.83. The lowest BCUT2D eigenvalue weighted by atomic mass is 10.1. The molecule has 0 fully saturated rings. The van der Waals surface area contributed by atoms with Crippen LogP contribution in [0.3, 0.4) is 0 Å². The normalized spacial score (nSPS) is 14.2. The number of benzene rings is 1. The zero-order chi connectivity index (χ0) is 13.1. The fourth-order valence-corrected chi connectivity index (χ4v) is 1.26. The van der Waals surface area contributed by atoms with Gasteiger partial charge in [-0.3, -0.25) is 4.79 Å². The summed E-state index contributed by atoms with van der Waals surface area (Å²) in [7, 11) is 0. The Morgan fingerprint density at radius 1 is 1.53 bits per heavy atom. The Kier molecular flexibility index (Phi) is 4.20. The minimum Gasteiger partial charge on any atom is -0.393 e. The molecule has 5 heteroatoms. The monoisotopic (exact) mass is 241 g/mol. The van der Waals surface area contributed by atoms with Gasteiger partial charge in [0.1, 0.15) is 11.4 Å². The van der Waals surface area contributed by atoms with Crippen LogP contribution >= 0.6 is 0 Å². The molecule has 0 aliphatic carbocycles. The van der Waals surface area contributed by atoms with E-state index in [2.05, 4.69) is 5.32 Å². The number of halogens is 1. The van der Waals surface area contributed by atoms with Gasteiger partial charge in [0.15, 0.2) is 0 Å². The highest BCUT2D eigenvalue weighted by Gasteiger charge is 2.20. The maximum Gasteiger partial charge on any atom is 0.251 e. The van der Waals surface area contributed by atoms with E-state index in [1.807, 2.05) is 0 Å². The van der Waals surface area contributed by atoms with Gasteiger partial charge in [0, 0.05) is 12.1 Å². The summed E-state index contributed by atoms with van der Waals surface area (Å²) >= 11 is 0. The summed E-state index contributed by atoms with van der Waals surface area (Å²) in [5.74, 6) is -0.967. The second-order valence-electron chi connectivity index (χ2n) is 4.30. The standard InChI is InChI=1S/C12H16FNO3/c1-8-3-4-9(13)5-10(8)11(16)14-6-12(2,17)7-15/h3-5,15,17H,6-7H2,1-2H3,(H,14,16). The second kappa shape index (κ2) is 5.25. The van der Waals surface area contributed by atoms with Gasteiger partial charge >= 0.3 is 0 Å². The molecule has 1 aromatic rings. The molecule has 0 aromatic heterocycles. The third kappa shape index (κ3) is 3.80. The van der Waals surface area contributed by atoms with Crippen LogP contribution in [0.5, 0.6) is 0 Å². The average Bonchev–Trinajstić information content (AvgIpc) is 2.29. The maximum absolute atomic E-state index is 13.0. The SMILES string of the molecule is Cc1ccc(F)cc1C(=O)NCC(C)(O)CO. The number of aliphatic hydroxyl groups is 2. The summed E-state index contributed by atoms with van der Waals surface area (Å²) in [6.45, 7) is 2.53. The fourth-order valence-electron chi connectivity index (χ4n) is 1.26. The van der Waals surface area contributed by atoms with E-state index in [0.717, 1.165) is 6.07 Å². The van der Waals surface area contributed by atoms with Gasteiger partial charge in [0.25, 0.3) is 5.91 Å². The first-order chi connectivity index (χ1) is 7.85. The highest BCUT2D eigenvalue weighted by molar-refractivity contribution is 5.95. The predicted octanol–water partition coefficient (Wildman–Crippen LogP) is 0.607. The predicted molar refractivity (Wildman–Crippen MR) is 61.2 cm³/mol. The Labute approximate surface area is 99.1 Å². The number of aliphatic hydroxyl groups excluding tert-OH is 1. The molecule has 0 heterocycles.